The molecule has 0 aromatic heterocycles. The highest BCUT2D eigenvalue weighted by molar-refractivity contribution is 6.15. The van der Waals surface area contributed by atoms with E-state index in [-0.39, 0.29) is 0 Å². The van der Waals surface area contributed by atoms with Gasteiger partial charge in [0.25, 0.3) is 0 Å². The molecule has 1 atom stereocenters. The van der Waals surface area contributed by atoms with Crippen LogP contribution in [0.15, 0.2) is 34.3 Å². The molecule has 1 amide bonds. The van der Waals surface area contributed by atoms with Crippen LogP contribution in [0.4, 0.5) is 0 Å². The Morgan fingerprint density at radius 3 is 3.00 bits per heavy atom. The summed E-state index contributed by atoms with van der Waals surface area (Å²) in [5.41, 5.74) is 7.33. The highest BCUT2D eigenvalue weighted by Gasteiger charge is 2.47. The molecule has 4 nitrogen and oxygen atoms in total. The van der Waals surface area contributed by atoms with Crippen molar-refractivity contribution in [2.75, 3.05) is 0 Å². The van der Waals surface area contributed by atoms with Gasteiger partial charge in [0.1, 0.15) is 6.34 Å². The summed E-state index contributed by atoms with van der Waals surface area (Å²) >= 11 is 0. The molecule has 0 fully saturated rings. The molecule has 74 valence electrons. The van der Waals surface area contributed by atoms with Gasteiger partial charge in [0.2, 0.25) is 5.91 Å². The van der Waals surface area contributed by atoms with E-state index in [1.807, 2.05) is 24.3 Å². The Morgan fingerprint density at radius 1 is 1.40 bits per heavy atom. The van der Waals surface area contributed by atoms with Crippen LogP contribution in [-0.4, -0.2) is 18.0 Å². The quantitative estimate of drug-likeness (QED) is 0.707. The number of rotatable bonds is 1. The standard InChI is InChI=1S/C11H9N3O/c12-10(15)11-5-9(13-6-14-11)7-3-1-2-4-8(7)11/h1-4,6H,5H2,(H2,12,15). The number of nitrogens with two attached hydrogens (primary N) is 1. The van der Waals surface area contributed by atoms with Crippen LogP contribution < -0.4 is 5.73 Å². The van der Waals surface area contributed by atoms with Crippen LogP contribution >= 0.6 is 0 Å². The Morgan fingerprint density at radius 2 is 2.20 bits per heavy atom. The monoisotopic (exact) mass is 199 g/mol. The molecule has 4 heteroatoms. The molecule has 1 aromatic rings. The van der Waals surface area contributed by atoms with Crippen molar-refractivity contribution in [3.8, 4) is 0 Å². The van der Waals surface area contributed by atoms with Crippen LogP contribution in [0.2, 0.25) is 0 Å². The number of benzene rings is 1. The van der Waals surface area contributed by atoms with Crippen molar-refractivity contribution < 1.29 is 4.79 Å². The Bertz CT molecular complexity index is 518. The second-order valence-electron chi connectivity index (χ2n) is 3.77. The summed E-state index contributed by atoms with van der Waals surface area (Å²) in [5.74, 6) is -0.406. The minimum absolute atomic E-state index is 0.406. The molecule has 0 saturated heterocycles. The lowest BCUT2D eigenvalue weighted by Crippen LogP contribution is -2.38. The van der Waals surface area contributed by atoms with Crippen LogP contribution in [0.3, 0.4) is 0 Å². The highest BCUT2D eigenvalue weighted by atomic mass is 16.1. The van der Waals surface area contributed by atoms with E-state index in [1.54, 1.807) is 0 Å². The zero-order chi connectivity index (χ0) is 10.5. The molecule has 15 heavy (non-hydrogen) atoms. The predicted octanol–water partition coefficient (Wildman–Crippen LogP) is 0.602. The van der Waals surface area contributed by atoms with E-state index in [2.05, 4.69) is 9.98 Å². The van der Waals surface area contributed by atoms with Crippen LogP contribution in [0.5, 0.6) is 0 Å². The Kier molecular flexibility index (Phi) is 1.41. The van der Waals surface area contributed by atoms with Gasteiger partial charge in [-0.1, -0.05) is 24.3 Å². The largest absolute Gasteiger partial charge is 0.367 e. The van der Waals surface area contributed by atoms with Crippen molar-refractivity contribution in [1.82, 2.24) is 0 Å². The van der Waals surface area contributed by atoms with Gasteiger partial charge in [0.05, 0.1) is 5.71 Å². The number of nitrogens with zero attached hydrogens (tertiary/aromatic N) is 2. The van der Waals surface area contributed by atoms with Gasteiger partial charge < -0.3 is 5.73 Å². The third kappa shape index (κ3) is 0.883. The normalized spacial score (nSPS) is 26.0. The minimum atomic E-state index is -0.895. The van der Waals surface area contributed by atoms with Crippen molar-refractivity contribution in [1.29, 1.82) is 0 Å². The zero-order valence-electron chi connectivity index (χ0n) is 7.97. The Hall–Kier alpha value is -1.97. The molecule has 1 unspecified atom stereocenters. The summed E-state index contributed by atoms with van der Waals surface area (Å²) in [6.45, 7) is 0. The van der Waals surface area contributed by atoms with E-state index < -0.39 is 11.4 Å². The van der Waals surface area contributed by atoms with E-state index >= 15 is 0 Å². The Labute approximate surface area is 86.5 Å². The number of carbonyl (C=O) groups excluding carboxylic acids is 1. The van der Waals surface area contributed by atoms with E-state index in [1.165, 1.54) is 6.34 Å². The maximum Gasteiger partial charge on any atom is 0.250 e. The SMILES string of the molecule is NC(=O)C12CC(=NC=N1)c1ccccc12. The predicted molar refractivity (Wildman–Crippen MR) is 57.0 cm³/mol. The summed E-state index contributed by atoms with van der Waals surface area (Å²) in [6, 6.07) is 7.66. The first-order valence-electron chi connectivity index (χ1n) is 4.74. The smallest absolute Gasteiger partial charge is 0.250 e. The molecule has 0 saturated carbocycles. The van der Waals surface area contributed by atoms with Crippen LogP contribution in [-0.2, 0) is 10.3 Å². The van der Waals surface area contributed by atoms with Gasteiger partial charge in [0.15, 0.2) is 5.54 Å². The summed E-state index contributed by atoms with van der Waals surface area (Å²) in [4.78, 5) is 19.9. The van der Waals surface area contributed by atoms with Gasteiger partial charge in [-0.15, -0.1) is 0 Å². The molecule has 2 aliphatic rings. The van der Waals surface area contributed by atoms with E-state index in [0.29, 0.717) is 6.42 Å². The molecule has 2 N–H and O–H groups in total. The summed E-state index contributed by atoms with van der Waals surface area (Å²) in [7, 11) is 0. The fraction of sp³-hybridized carbons (Fsp3) is 0.182. The third-order valence-corrected chi connectivity index (χ3v) is 3.01. The number of carbonyl (C=O) groups is 1. The fourth-order valence-electron chi connectivity index (χ4n) is 2.24. The molecular weight excluding hydrogens is 190 g/mol. The molecule has 2 bridgehead atoms. The number of amides is 1. The zero-order valence-corrected chi connectivity index (χ0v) is 7.97. The number of fused-ring (bicyclic) bond motifs is 5. The molecule has 0 radical (unpaired) electrons. The highest BCUT2D eigenvalue weighted by Crippen LogP contribution is 2.41. The average Bonchev–Trinajstić information content (AvgIpc) is 2.50. The van der Waals surface area contributed by atoms with Gasteiger partial charge in [0, 0.05) is 12.0 Å². The van der Waals surface area contributed by atoms with Gasteiger partial charge in [-0.25, -0.2) is 4.99 Å². The van der Waals surface area contributed by atoms with E-state index in [0.717, 1.165) is 16.8 Å². The van der Waals surface area contributed by atoms with Gasteiger partial charge >= 0.3 is 0 Å². The lowest BCUT2D eigenvalue weighted by molar-refractivity contribution is -0.122. The minimum Gasteiger partial charge on any atom is -0.367 e. The summed E-state index contributed by atoms with van der Waals surface area (Å²) in [5, 5.41) is 0. The molecule has 1 aliphatic carbocycles. The van der Waals surface area contributed by atoms with Gasteiger partial charge in [-0.3, -0.25) is 9.79 Å². The first-order valence-corrected chi connectivity index (χ1v) is 4.74. The van der Waals surface area contributed by atoms with Gasteiger partial charge in [-0.2, -0.15) is 0 Å². The molecule has 1 aliphatic heterocycles. The summed E-state index contributed by atoms with van der Waals surface area (Å²) < 4.78 is 0. The van der Waals surface area contributed by atoms with Crippen molar-refractivity contribution in [3.63, 3.8) is 0 Å². The maximum atomic E-state index is 11.6. The molecule has 1 heterocycles. The third-order valence-electron chi connectivity index (χ3n) is 3.01. The average molecular weight is 199 g/mol. The van der Waals surface area contributed by atoms with Crippen LogP contribution in [0, 0.1) is 0 Å². The van der Waals surface area contributed by atoms with Crippen molar-refractivity contribution >= 4 is 18.0 Å². The second kappa shape index (κ2) is 2.53. The van der Waals surface area contributed by atoms with Crippen LogP contribution in [0.1, 0.15) is 17.5 Å². The second-order valence-corrected chi connectivity index (χ2v) is 3.77. The fourth-order valence-corrected chi connectivity index (χ4v) is 2.24. The molecular formula is C11H9N3O. The number of primary amides is 1. The first-order chi connectivity index (χ1) is 7.24. The van der Waals surface area contributed by atoms with Crippen LogP contribution in [0.25, 0.3) is 0 Å². The lowest BCUT2D eigenvalue weighted by atomic mass is 9.91. The topological polar surface area (TPSA) is 67.8 Å². The molecule has 3 rings (SSSR count). The number of hydrogen-bond acceptors (Lipinski definition) is 3. The molecule has 0 spiro atoms. The number of hydrogen-bond donors (Lipinski definition) is 1. The van der Waals surface area contributed by atoms with Gasteiger partial charge in [-0.05, 0) is 5.56 Å². The van der Waals surface area contributed by atoms with E-state index in [9.17, 15) is 4.79 Å². The maximum absolute atomic E-state index is 11.6. The summed E-state index contributed by atoms with van der Waals surface area (Å²) in [6.07, 6.45) is 1.93. The lowest BCUT2D eigenvalue weighted by Gasteiger charge is -2.21. The van der Waals surface area contributed by atoms with Crippen molar-refractivity contribution in [3.05, 3.63) is 35.4 Å². The van der Waals surface area contributed by atoms with Crippen molar-refractivity contribution in [2.24, 2.45) is 15.7 Å². The first kappa shape index (κ1) is 8.35. The van der Waals surface area contributed by atoms with E-state index in [4.69, 9.17) is 5.73 Å². The number of aliphatic imine (C=N–C) groups is 2. The van der Waals surface area contributed by atoms with Crippen molar-refractivity contribution in [2.45, 2.75) is 12.0 Å². The Balaban J connectivity index is 2.34. The molecule has 1 aromatic carbocycles.